The van der Waals surface area contributed by atoms with Crippen molar-refractivity contribution in [2.75, 3.05) is 0 Å². The van der Waals surface area contributed by atoms with Crippen molar-refractivity contribution in [2.45, 2.75) is 25.7 Å². The lowest BCUT2D eigenvalue weighted by molar-refractivity contribution is 0.500. The Labute approximate surface area is 167 Å². The summed E-state index contributed by atoms with van der Waals surface area (Å²) in [7, 11) is 0. The number of aromatic nitrogens is 3. The molecular formula is C22H20N4OS. The van der Waals surface area contributed by atoms with Crippen molar-refractivity contribution in [3.8, 4) is 0 Å². The van der Waals surface area contributed by atoms with Crippen LogP contribution in [0.3, 0.4) is 0 Å². The minimum absolute atomic E-state index is 0.467. The molecule has 0 bridgehead atoms. The van der Waals surface area contributed by atoms with Crippen molar-refractivity contribution < 1.29 is 4.42 Å². The number of fused-ring (bicyclic) bond motifs is 1. The molecule has 1 aliphatic carbocycles. The maximum atomic E-state index is 5.90. The molecule has 1 saturated carbocycles. The molecule has 5 nitrogen and oxygen atoms in total. The zero-order valence-corrected chi connectivity index (χ0v) is 16.3. The highest BCUT2D eigenvalue weighted by molar-refractivity contribution is 7.71. The number of benzene rings is 2. The van der Waals surface area contributed by atoms with E-state index in [1.54, 1.807) is 10.9 Å². The molecule has 2 heterocycles. The van der Waals surface area contributed by atoms with Gasteiger partial charge in [0, 0.05) is 12.3 Å². The lowest BCUT2D eigenvalue weighted by atomic mass is 10.0. The van der Waals surface area contributed by atoms with E-state index in [2.05, 4.69) is 58.6 Å². The number of aromatic amines is 1. The molecule has 2 aromatic carbocycles. The fourth-order valence-electron chi connectivity index (χ4n) is 3.65. The lowest BCUT2D eigenvalue weighted by Gasteiger charge is -2.06. The van der Waals surface area contributed by atoms with E-state index < -0.39 is 0 Å². The van der Waals surface area contributed by atoms with E-state index in [0.29, 0.717) is 23.0 Å². The van der Waals surface area contributed by atoms with Crippen LogP contribution < -0.4 is 0 Å². The Morgan fingerprint density at radius 3 is 2.89 bits per heavy atom. The summed E-state index contributed by atoms with van der Waals surface area (Å²) in [5.41, 5.74) is 1.19. The van der Waals surface area contributed by atoms with Crippen LogP contribution in [0.5, 0.6) is 0 Å². The molecule has 1 fully saturated rings. The predicted molar refractivity (Wildman–Crippen MR) is 112 cm³/mol. The van der Waals surface area contributed by atoms with Gasteiger partial charge in [0.25, 0.3) is 0 Å². The summed E-state index contributed by atoms with van der Waals surface area (Å²) < 4.78 is 8.04. The van der Waals surface area contributed by atoms with Crippen LogP contribution in [-0.2, 0) is 6.42 Å². The molecule has 5 rings (SSSR count). The zero-order valence-electron chi connectivity index (χ0n) is 15.5. The second-order valence-electron chi connectivity index (χ2n) is 7.38. The Morgan fingerprint density at radius 1 is 1.21 bits per heavy atom. The molecule has 4 aromatic rings. The van der Waals surface area contributed by atoms with Gasteiger partial charge in [0.2, 0.25) is 4.77 Å². The third kappa shape index (κ3) is 3.20. The molecule has 2 atom stereocenters. The molecule has 0 unspecified atom stereocenters. The maximum Gasteiger partial charge on any atom is 0.216 e. The zero-order chi connectivity index (χ0) is 19.1. The molecule has 140 valence electrons. The molecule has 0 saturated heterocycles. The van der Waals surface area contributed by atoms with Gasteiger partial charge in [-0.15, -0.1) is 0 Å². The molecule has 0 amide bonds. The summed E-state index contributed by atoms with van der Waals surface area (Å²) in [6.45, 7) is 2.24. The molecular weight excluding hydrogens is 368 g/mol. The second kappa shape index (κ2) is 6.87. The van der Waals surface area contributed by atoms with Gasteiger partial charge in [0.15, 0.2) is 5.82 Å². The van der Waals surface area contributed by atoms with E-state index in [0.717, 1.165) is 17.3 Å². The number of furan rings is 1. The third-order valence-electron chi connectivity index (χ3n) is 5.37. The van der Waals surface area contributed by atoms with E-state index in [4.69, 9.17) is 16.6 Å². The van der Waals surface area contributed by atoms with Gasteiger partial charge in [-0.05, 0) is 53.0 Å². The van der Waals surface area contributed by atoms with Gasteiger partial charge in [0.05, 0.1) is 6.21 Å². The highest BCUT2D eigenvalue weighted by atomic mass is 32.1. The Hall–Kier alpha value is -2.99. The average Bonchev–Trinajstić information content (AvgIpc) is 3.10. The number of H-pyrrole nitrogens is 1. The van der Waals surface area contributed by atoms with Crippen LogP contribution in [0.2, 0.25) is 0 Å². The monoisotopic (exact) mass is 388 g/mol. The van der Waals surface area contributed by atoms with Crippen molar-refractivity contribution in [3.63, 3.8) is 0 Å². The van der Waals surface area contributed by atoms with Crippen LogP contribution in [0.4, 0.5) is 0 Å². The van der Waals surface area contributed by atoms with E-state index in [9.17, 15) is 0 Å². The summed E-state index contributed by atoms with van der Waals surface area (Å²) in [6.07, 6.45) is 3.54. The SMILES string of the molecule is C[C@@H]1C[C@H]1c1ccc(/C=N\n2c(Cc3cccc4ccccc34)n[nH]c2=S)o1. The fourth-order valence-corrected chi connectivity index (χ4v) is 3.84. The quantitative estimate of drug-likeness (QED) is 0.374. The van der Waals surface area contributed by atoms with E-state index >= 15 is 0 Å². The van der Waals surface area contributed by atoms with Gasteiger partial charge >= 0.3 is 0 Å². The Kier molecular flexibility index (Phi) is 4.20. The van der Waals surface area contributed by atoms with Gasteiger partial charge in [-0.25, -0.2) is 0 Å². The first-order chi connectivity index (χ1) is 13.7. The van der Waals surface area contributed by atoms with Gasteiger partial charge in [-0.3, -0.25) is 5.10 Å². The highest BCUT2D eigenvalue weighted by Crippen LogP contribution is 2.47. The number of nitrogens with zero attached hydrogens (tertiary/aromatic N) is 3. The van der Waals surface area contributed by atoms with E-state index in [1.165, 1.54) is 22.8 Å². The third-order valence-corrected chi connectivity index (χ3v) is 5.63. The Bertz CT molecular complexity index is 1230. The molecule has 1 aliphatic rings. The molecule has 0 radical (unpaired) electrons. The smallest absolute Gasteiger partial charge is 0.216 e. The predicted octanol–water partition coefficient (Wildman–Crippen LogP) is 5.28. The van der Waals surface area contributed by atoms with Crippen LogP contribution in [0.1, 0.15) is 42.2 Å². The van der Waals surface area contributed by atoms with Crippen LogP contribution >= 0.6 is 12.2 Å². The largest absolute Gasteiger partial charge is 0.460 e. The number of rotatable bonds is 5. The minimum Gasteiger partial charge on any atom is -0.460 e. The van der Waals surface area contributed by atoms with Crippen molar-refractivity contribution in [3.05, 3.63) is 82.3 Å². The van der Waals surface area contributed by atoms with Gasteiger partial charge in [-0.2, -0.15) is 14.9 Å². The number of nitrogens with one attached hydrogen (secondary N) is 1. The van der Waals surface area contributed by atoms with Crippen molar-refractivity contribution in [1.29, 1.82) is 0 Å². The molecule has 2 aromatic heterocycles. The van der Waals surface area contributed by atoms with Crippen LogP contribution in [-0.4, -0.2) is 21.1 Å². The first-order valence-corrected chi connectivity index (χ1v) is 9.87. The van der Waals surface area contributed by atoms with Crippen LogP contribution in [0, 0.1) is 10.7 Å². The first kappa shape index (κ1) is 17.1. The van der Waals surface area contributed by atoms with Crippen molar-refractivity contribution in [2.24, 2.45) is 11.0 Å². The van der Waals surface area contributed by atoms with Crippen LogP contribution in [0.25, 0.3) is 10.8 Å². The number of hydrogen-bond acceptors (Lipinski definition) is 4. The highest BCUT2D eigenvalue weighted by Gasteiger charge is 2.36. The molecule has 0 aliphatic heterocycles. The molecule has 28 heavy (non-hydrogen) atoms. The first-order valence-electron chi connectivity index (χ1n) is 9.46. The Balaban J connectivity index is 1.43. The summed E-state index contributed by atoms with van der Waals surface area (Å²) in [5, 5.41) is 14.2. The summed E-state index contributed by atoms with van der Waals surface area (Å²) >= 11 is 5.37. The van der Waals surface area contributed by atoms with E-state index in [-0.39, 0.29) is 0 Å². The average molecular weight is 388 g/mol. The van der Waals surface area contributed by atoms with Crippen molar-refractivity contribution in [1.82, 2.24) is 14.9 Å². The van der Waals surface area contributed by atoms with Crippen molar-refractivity contribution >= 4 is 29.2 Å². The standard InChI is InChI=1S/C22H20N4OS/c1-14-11-19(14)20-10-9-17(27-20)13-23-26-21(24-25-22(26)28)12-16-7-4-6-15-5-2-3-8-18(15)16/h2-10,13-14,19H,11-12H2,1H3,(H,25,28)/b23-13-/t14-,19-/m1/s1. The normalized spacial score (nSPS) is 18.9. The molecule has 1 N–H and O–H groups in total. The van der Waals surface area contributed by atoms with Gasteiger partial charge < -0.3 is 4.42 Å². The summed E-state index contributed by atoms with van der Waals surface area (Å²) in [4.78, 5) is 0. The second-order valence-corrected chi connectivity index (χ2v) is 7.76. The van der Waals surface area contributed by atoms with Crippen LogP contribution in [0.15, 0.2) is 64.1 Å². The maximum absolute atomic E-state index is 5.90. The van der Waals surface area contributed by atoms with Gasteiger partial charge in [0.1, 0.15) is 11.5 Å². The fraction of sp³-hybridized carbons (Fsp3) is 0.227. The topological polar surface area (TPSA) is 59.1 Å². The summed E-state index contributed by atoms with van der Waals surface area (Å²) in [5.74, 6) is 3.81. The molecule has 0 spiro atoms. The van der Waals surface area contributed by atoms with Gasteiger partial charge in [-0.1, -0.05) is 49.4 Å². The Morgan fingerprint density at radius 2 is 2.04 bits per heavy atom. The lowest BCUT2D eigenvalue weighted by Crippen LogP contribution is -2.01. The molecule has 6 heteroatoms. The minimum atomic E-state index is 0.467. The summed E-state index contributed by atoms with van der Waals surface area (Å²) in [6, 6.07) is 18.6. The number of hydrogen-bond donors (Lipinski definition) is 1. The van der Waals surface area contributed by atoms with E-state index in [1.807, 2.05) is 18.2 Å².